The van der Waals surface area contributed by atoms with Crippen LogP contribution in [0.15, 0.2) is 24.3 Å². The highest BCUT2D eigenvalue weighted by Crippen LogP contribution is 2.38. The lowest BCUT2D eigenvalue weighted by atomic mass is 9.87. The Labute approximate surface area is 127 Å². The summed E-state index contributed by atoms with van der Waals surface area (Å²) in [5, 5.41) is 0. The third-order valence-corrected chi connectivity index (χ3v) is 5.05. The fourth-order valence-corrected chi connectivity index (χ4v) is 3.52. The molecule has 1 aromatic rings. The van der Waals surface area contributed by atoms with Crippen molar-refractivity contribution in [2.75, 3.05) is 13.1 Å². The van der Waals surface area contributed by atoms with Crippen molar-refractivity contribution in [3.8, 4) is 0 Å². The van der Waals surface area contributed by atoms with Gasteiger partial charge in [-0.15, -0.1) is 0 Å². The summed E-state index contributed by atoms with van der Waals surface area (Å²) in [5.74, 6) is 0.318. The summed E-state index contributed by atoms with van der Waals surface area (Å²) in [4.78, 5) is 14.4. The molecule has 1 fully saturated rings. The van der Waals surface area contributed by atoms with Crippen LogP contribution in [0.3, 0.4) is 0 Å². The number of carbonyl (C=O) groups excluding carboxylic acids is 1. The van der Waals surface area contributed by atoms with Crippen LogP contribution >= 0.6 is 0 Å². The van der Waals surface area contributed by atoms with E-state index in [0.29, 0.717) is 5.92 Å². The number of carbonyl (C=O) groups is 1. The molecule has 0 spiro atoms. The van der Waals surface area contributed by atoms with Gasteiger partial charge in [-0.2, -0.15) is 0 Å². The molecule has 1 aliphatic heterocycles. The van der Waals surface area contributed by atoms with Gasteiger partial charge >= 0.3 is 6.09 Å². The Morgan fingerprint density at radius 1 is 1.10 bits per heavy atom. The van der Waals surface area contributed by atoms with Crippen LogP contribution in [0.1, 0.15) is 44.2 Å². The number of hydrogen-bond donors (Lipinski definition) is 0. The van der Waals surface area contributed by atoms with E-state index in [0.717, 1.165) is 38.8 Å². The standard InChI is InChI=1S/C18H25NO2/c1-14(2)18(12-15-8-4-5-9-16(15)13-18)21-17(20)19-10-6-3-7-11-19/h4-5,8-9,14H,3,6-7,10-13H2,1-2H3. The number of piperidine rings is 1. The van der Waals surface area contributed by atoms with Crippen molar-refractivity contribution >= 4 is 6.09 Å². The number of nitrogens with zero attached hydrogens (tertiary/aromatic N) is 1. The van der Waals surface area contributed by atoms with Crippen molar-refractivity contribution in [1.29, 1.82) is 0 Å². The molecule has 2 aliphatic rings. The fourth-order valence-electron chi connectivity index (χ4n) is 3.52. The van der Waals surface area contributed by atoms with Crippen LogP contribution in [0.4, 0.5) is 4.79 Å². The highest BCUT2D eigenvalue weighted by atomic mass is 16.6. The maximum atomic E-state index is 12.5. The van der Waals surface area contributed by atoms with Gasteiger partial charge < -0.3 is 9.64 Å². The molecule has 3 nitrogen and oxygen atoms in total. The van der Waals surface area contributed by atoms with Gasteiger partial charge in [0.2, 0.25) is 0 Å². The highest BCUT2D eigenvalue weighted by Gasteiger charge is 2.44. The Morgan fingerprint density at radius 2 is 1.67 bits per heavy atom. The van der Waals surface area contributed by atoms with E-state index in [1.165, 1.54) is 17.5 Å². The SMILES string of the molecule is CC(C)C1(OC(=O)N2CCCCC2)Cc2ccccc2C1. The first-order valence-electron chi connectivity index (χ1n) is 8.15. The number of fused-ring (bicyclic) bond motifs is 1. The number of rotatable bonds is 2. The van der Waals surface area contributed by atoms with Crippen LogP contribution < -0.4 is 0 Å². The first-order valence-corrected chi connectivity index (χ1v) is 8.15. The Bertz CT molecular complexity index is 493. The Morgan fingerprint density at radius 3 is 2.19 bits per heavy atom. The van der Waals surface area contributed by atoms with E-state index in [9.17, 15) is 4.79 Å². The molecule has 114 valence electrons. The number of ether oxygens (including phenoxy) is 1. The molecule has 0 atom stereocenters. The van der Waals surface area contributed by atoms with E-state index in [2.05, 4.69) is 38.1 Å². The van der Waals surface area contributed by atoms with Gasteiger partial charge in [0.05, 0.1) is 0 Å². The minimum atomic E-state index is -0.363. The average Bonchev–Trinajstić information content (AvgIpc) is 2.87. The van der Waals surface area contributed by atoms with Crippen LogP contribution in [-0.2, 0) is 17.6 Å². The zero-order chi connectivity index (χ0) is 14.9. The van der Waals surface area contributed by atoms with Crippen LogP contribution in [0.5, 0.6) is 0 Å². The first-order chi connectivity index (χ1) is 10.1. The molecular weight excluding hydrogens is 262 g/mol. The van der Waals surface area contributed by atoms with Gasteiger partial charge in [-0.1, -0.05) is 38.1 Å². The van der Waals surface area contributed by atoms with Gasteiger partial charge in [0.15, 0.2) is 0 Å². The minimum Gasteiger partial charge on any atom is -0.442 e. The Kier molecular flexibility index (Phi) is 3.92. The van der Waals surface area contributed by atoms with E-state index in [4.69, 9.17) is 4.74 Å². The normalized spacial score (nSPS) is 20.4. The van der Waals surface area contributed by atoms with E-state index in [1.807, 2.05) is 4.90 Å². The molecule has 1 amide bonds. The van der Waals surface area contributed by atoms with Gasteiger partial charge in [0.1, 0.15) is 5.60 Å². The van der Waals surface area contributed by atoms with Gasteiger partial charge in [-0.05, 0) is 36.3 Å². The molecule has 0 radical (unpaired) electrons. The van der Waals surface area contributed by atoms with Crippen molar-refractivity contribution < 1.29 is 9.53 Å². The minimum absolute atomic E-state index is 0.115. The zero-order valence-electron chi connectivity index (χ0n) is 13.1. The lowest BCUT2D eigenvalue weighted by molar-refractivity contribution is -0.0354. The number of hydrogen-bond acceptors (Lipinski definition) is 2. The molecule has 0 aromatic heterocycles. The van der Waals surface area contributed by atoms with Crippen molar-refractivity contribution in [2.45, 2.75) is 51.6 Å². The molecule has 0 N–H and O–H groups in total. The predicted molar refractivity (Wildman–Crippen MR) is 83.3 cm³/mol. The second kappa shape index (κ2) is 5.70. The molecule has 0 bridgehead atoms. The molecule has 1 heterocycles. The Hall–Kier alpha value is -1.51. The van der Waals surface area contributed by atoms with Crippen molar-refractivity contribution in [1.82, 2.24) is 4.90 Å². The smallest absolute Gasteiger partial charge is 0.410 e. The maximum absolute atomic E-state index is 12.5. The van der Waals surface area contributed by atoms with Crippen molar-refractivity contribution in [2.24, 2.45) is 5.92 Å². The van der Waals surface area contributed by atoms with E-state index >= 15 is 0 Å². The molecule has 0 unspecified atom stereocenters. The molecular formula is C18H25NO2. The quantitative estimate of drug-likeness (QED) is 0.828. The molecule has 3 heteroatoms. The topological polar surface area (TPSA) is 29.5 Å². The zero-order valence-corrected chi connectivity index (χ0v) is 13.1. The molecule has 1 aromatic carbocycles. The summed E-state index contributed by atoms with van der Waals surface area (Å²) < 4.78 is 6.07. The van der Waals surface area contributed by atoms with E-state index in [-0.39, 0.29) is 11.7 Å². The molecule has 3 rings (SSSR count). The number of benzene rings is 1. The monoisotopic (exact) mass is 287 g/mol. The summed E-state index contributed by atoms with van der Waals surface area (Å²) in [6, 6.07) is 8.46. The summed E-state index contributed by atoms with van der Waals surface area (Å²) in [5.41, 5.74) is 2.30. The summed E-state index contributed by atoms with van der Waals surface area (Å²) in [6.45, 7) is 6.02. The number of likely N-dealkylation sites (tertiary alicyclic amines) is 1. The van der Waals surface area contributed by atoms with E-state index in [1.54, 1.807) is 0 Å². The summed E-state index contributed by atoms with van der Waals surface area (Å²) in [6.07, 6.45) is 5.01. The van der Waals surface area contributed by atoms with Gasteiger partial charge in [0.25, 0.3) is 0 Å². The third kappa shape index (κ3) is 2.78. The second-order valence-corrected chi connectivity index (χ2v) is 6.76. The van der Waals surface area contributed by atoms with Crippen LogP contribution in [0.25, 0.3) is 0 Å². The van der Waals surface area contributed by atoms with E-state index < -0.39 is 0 Å². The fraction of sp³-hybridized carbons (Fsp3) is 0.611. The Balaban J connectivity index is 1.76. The van der Waals surface area contributed by atoms with Crippen molar-refractivity contribution in [3.63, 3.8) is 0 Å². The van der Waals surface area contributed by atoms with Crippen LogP contribution in [0.2, 0.25) is 0 Å². The largest absolute Gasteiger partial charge is 0.442 e. The second-order valence-electron chi connectivity index (χ2n) is 6.76. The van der Waals surface area contributed by atoms with Crippen LogP contribution in [0, 0.1) is 5.92 Å². The van der Waals surface area contributed by atoms with Gasteiger partial charge in [-0.25, -0.2) is 4.79 Å². The average molecular weight is 287 g/mol. The third-order valence-electron chi connectivity index (χ3n) is 5.05. The van der Waals surface area contributed by atoms with Crippen LogP contribution in [-0.4, -0.2) is 29.7 Å². The highest BCUT2D eigenvalue weighted by molar-refractivity contribution is 5.68. The molecule has 21 heavy (non-hydrogen) atoms. The molecule has 1 saturated heterocycles. The van der Waals surface area contributed by atoms with Gasteiger partial charge in [-0.3, -0.25) is 0 Å². The summed E-state index contributed by atoms with van der Waals surface area (Å²) in [7, 11) is 0. The number of amides is 1. The molecule has 0 saturated carbocycles. The first kappa shape index (κ1) is 14.4. The van der Waals surface area contributed by atoms with Crippen molar-refractivity contribution in [3.05, 3.63) is 35.4 Å². The maximum Gasteiger partial charge on any atom is 0.410 e. The predicted octanol–water partition coefficient (Wildman–Crippen LogP) is 3.80. The lowest BCUT2D eigenvalue weighted by Crippen LogP contribution is -2.46. The molecule has 1 aliphatic carbocycles. The lowest BCUT2D eigenvalue weighted by Gasteiger charge is -2.36. The summed E-state index contributed by atoms with van der Waals surface area (Å²) >= 11 is 0. The van der Waals surface area contributed by atoms with Gasteiger partial charge in [0, 0.05) is 25.9 Å².